The molecule has 1 aromatic rings. The van der Waals surface area contributed by atoms with Gasteiger partial charge in [-0.25, -0.2) is 4.79 Å². The van der Waals surface area contributed by atoms with E-state index in [2.05, 4.69) is 4.90 Å². The molecule has 24 heavy (non-hydrogen) atoms. The van der Waals surface area contributed by atoms with Gasteiger partial charge in [0.25, 0.3) is 0 Å². The van der Waals surface area contributed by atoms with Crippen LogP contribution in [0.5, 0.6) is 17.2 Å². The Bertz CT molecular complexity index is 556. The van der Waals surface area contributed by atoms with E-state index in [0.717, 1.165) is 25.2 Å². The van der Waals surface area contributed by atoms with E-state index in [4.69, 9.17) is 18.9 Å². The number of amides is 1. The maximum Gasteiger partial charge on any atom is 0.409 e. The molecule has 1 fully saturated rings. The SMILES string of the molecule is CCOC(=O)N1CCN(Cc2ccc(OC)c(OC)c2OC)CC1. The summed E-state index contributed by atoms with van der Waals surface area (Å²) < 4.78 is 21.3. The monoisotopic (exact) mass is 338 g/mol. The molecule has 1 aromatic carbocycles. The fraction of sp³-hybridized carbons (Fsp3) is 0.588. The van der Waals surface area contributed by atoms with E-state index in [1.54, 1.807) is 26.2 Å². The molecular formula is C17H26N2O5. The standard InChI is InChI=1S/C17H26N2O5/c1-5-24-17(20)19-10-8-18(9-11-19)12-13-6-7-14(21-2)16(23-4)15(13)22-3/h6-7H,5,8-12H2,1-4H3. The van der Waals surface area contributed by atoms with Crippen molar-refractivity contribution in [2.45, 2.75) is 13.5 Å². The summed E-state index contributed by atoms with van der Waals surface area (Å²) in [5, 5.41) is 0. The molecular weight excluding hydrogens is 312 g/mol. The Labute approximate surface area is 143 Å². The Kier molecular flexibility index (Phi) is 6.54. The highest BCUT2D eigenvalue weighted by Crippen LogP contribution is 2.40. The zero-order valence-electron chi connectivity index (χ0n) is 14.8. The topological polar surface area (TPSA) is 60.5 Å². The summed E-state index contributed by atoms with van der Waals surface area (Å²) in [6.07, 6.45) is -0.235. The molecule has 1 saturated heterocycles. The first-order valence-corrected chi connectivity index (χ1v) is 8.06. The molecule has 0 aliphatic carbocycles. The lowest BCUT2D eigenvalue weighted by atomic mass is 10.1. The normalized spacial score (nSPS) is 15.1. The van der Waals surface area contributed by atoms with Gasteiger partial charge in [0.05, 0.1) is 27.9 Å². The van der Waals surface area contributed by atoms with Crippen LogP contribution in [0.4, 0.5) is 4.79 Å². The average molecular weight is 338 g/mol. The highest BCUT2D eigenvalue weighted by atomic mass is 16.6. The minimum absolute atomic E-state index is 0.235. The summed E-state index contributed by atoms with van der Waals surface area (Å²) >= 11 is 0. The van der Waals surface area contributed by atoms with Gasteiger partial charge in [-0.15, -0.1) is 0 Å². The molecule has 0 spiro atoms. The van der Waals surface area contributed by atoms with E-state index in [9.17, 15) is 4.79 Å². The Morgan fingerprint density at radius 1 is 1.00 bits per heavy atom. The molecule has 2 rings (SSSR count). The Morgan fingerprint density at radius 3 is 2.21 bits per heavy atom. The number of methoxy groups -OCH3 is 3. The number of benzene rings is 1. The lowest BCUT2D eigenvalue weighted by Gasteiger charge is -2.34. The number of hydrogen-bond acceptors (Lipinski definition) is 6. The number of piperazine rings is 1. The Hall–Kier alpha value is -2.15. The zero-order chi connectivity index (χ0) is 17.5. The average Bonchev–Trinajstić information content (AvgIpc) is 2.61. The van der Waals surface area contributed by atoms with Crippen LogP contribution < -0.4 is 14.2 Å². The molecule has 7 nitrogen and oxygen atoms in total. The molecule has 134 valence electrons. The maximum atomic E-state index is 11.8. The summed E-state index contributed by atoms with van der Waals surface area (Å²) in [6, 6.07) is 3.86. The third-order valence-corrected chi connectivity index (χ3v) is 4.08. The smallest absolute Gasteiger partial charge is 0.409 e. The summed E-state index contributed by atoms with van der Waals surface area (Å²) in [7, 11) is 4.83. The third-order valence-electron chi connectivity index (χ3n) is 4.08. The number of nitrogens with zero attached hydrogens (tertiary/aromatic N) is 2. The van der Waals surface area contributed by atoms with Crippen molar-refractivity contribution in [3.8, 4) is 17.2 Å². The van der Waals surface area contributed by atoms with Crippen LogP contribution in [-0.4, -0.2) is 70.0 Å². The summed E-state index contributed by atoms with van der Waals surface area (Å²) in [5.74, 6) is 1.93. The molecule has 0 N–H and O–H groups in total. The fourth-order valence-corrected chi connectivity index (χ4v) is 2.83. The lowest BCUT2D eigenvalue weighted by Crippen LogP contribution is -2.48. The van der Waals surface area contributed by atoms with Gasteiger partial charge < -0.3 is 23.8 Å². The highest BCUT2D eigenvalue weighted by molar-refractivity contribution is 5.67. The Balaban J connectivity index is 2.03. The van der Waals surface area contributed by atoms with E-state index in [-0.39, 0.29) is 6.09 Å². The number of carbonyl (C=O) groups is 1. The lowest BCUT2D eigenvalue weighted by molar-refractivity contribution is 0.0776. The van der Waals surface area contributed by atoms with Crippen LogP contribution in [0, 0.1) is 0 Å². The quantitative estimate of drug-likeness (QED) is 0.790. The third kappa shape index (κ3) is 4.03. The minimum Gasteiger partial charge on any atom is -0.493 e. The largest absolute Gasteiger partial charge is 0.493 e. The number of hydrogen-bond donors (Lipinski definition) is 0. The summed E-state index contributed by atoms with van der Waals surface area (Å²) in [5.41, 5.74) is 1.03. The minimum atomic E-state index is -0.235. The van der Waals surface area contributed by atoms with Crippen molar-refractivity contribution < 1.29 is 23.7 Å². The van der Waals surface area contributed by atoms with Gasteiger partial charge in [0.1, 0.15) is 0 Å². The van der Waals surface area contributed by atoms with Crippen molar-refractivity contribution in [3.63, 3.8) is 0 Å². The van der Waals surface area contributed by atoms with Gasteiger partial charge in [0.15, 0.2) is 11.5 Å². The predicted molar refractivity (Wildman–Crippen MR) is 90.0 cm³/mol. The van der Waals surface area contributed by atoms with Gasteiger partial charge in [-0.2, -0.15) is 0 Å². The summed E-state index contributed by atoms with van der Waals surface area (Å²) in [6.45, 7) is 5.84. The molecule has 1 amide bonds. The predicted octanol–water partition coefficient (Wildman–Crippen LogP) is 1.99. The molecule has 0 atom stereocenters. The second-order valence-electron chi connectivity index (χ2n) is 5.46. The van der Waals surface area contributed by atoms with Crippen LogP contribution in [0.1, 0.15) is 12.5 Å². The van der Waals surface area contributed by atoms with Gasteiger partial charge in [-0.05, 0) is 13.0 Å². The van der Waals surface area contributed by atoms with Crippen molar-refractivity contribution >= 4 is 6.09 Å². The van der Waals surface area contributed by atoms with Crippen LogP contribution in [0.25, 0.3) is 0 Å². The van der Waals surface area contributed by atoms with Crippen molar-refractivity contribution in [3.05, 3.63) is 17.7 Å². The second kappa shape index (κ2) is 8.63. The second-order valence-corrected chi connectivity index (χ2v) is 5.46. The fourth-order valence-electron chi connectivity index (χ4n) is 2.83. The van der Waals surface area contributed by atoms with Crippen molar-refractivity contribution in [1.82, 2.24) is 9.80 Å². The van der Waals surface area contributed by atoms with E-state index in [0.29, 0.717) is 36.9 Å². The first-order valence-electron chi connectivity index (χ1n) is 8.06. The Morgan fingerprint density at radius 2 is 1.67 bits per heavy atom. The van der Waals surface area contributed by atoms with Crippen molar-refractivity contribution in [2.24, 2.45) is 0 Å². The van der Waals surface area contributed by atoms with Crippen molar-refractivity contribution in [2.75, 3.05) is 54.1 Å². The first-order chi connectivity index (χ1) is 11.6. The molecule has 1 aliphatic heterocycles. The molecule has 7 heteroatoms. The van der Waals surface area contributed by atoms with Crippen LogP contribution in [0.3, 0.4) is 0 Å². The van der Waals surface area contributed by atoms with Crippen LogP contribution in [0.15, 0.2) is 12.1 Å². The molecule has 0 bridgehead atoms. The number of rotatable bonds is 6. The first kappa shape index (κ1) is 18.2. The highest BCUT2D eigenvalue weighted by Gasteiger charge is 2.24. The molecule has 1 heterocycles. The van der Waals surface area contributed by atoms with Crippen LogP contribution in [0.2, 0.25) is 0 Å². The van der Waals surface area contributed by atoms with E-state index < -0.39 is 0 Å². The van der Waals surface area contributed by atoms with E-state index in [1.807, 2.05) is 19.1 Å². The van der Waals surface area contributed by atoms with Gasteiger partial charge in [-0.3, -0.25) is 4.90 Å². The zero-order valence-corrected chi connectivity index (χ0v) is 14.8. The van der Waals surface area contributed by atoms with Gasteiger partial charge in [-0.1, -0.05) is 6.07 Å². The van der Waals surface area contributed by atoms with E-state index >= 15 is 0 Å². The van der Waals surface area contributed by atoms with Crippen molar-refractivity contribution in [1.29, 1.82) is 0 Å². The number of carbonyl (C=O) groups excluding carboxylic acids is 1. The maximum absolute atomic E-state index is 11.8. The molecule has 0 radical (unpaired) electrons. The van der Waals surface area contributed by atoms with Crippen LogP contribution in [-0.2, 0) is 11.3 Å². The van der Waals surface area contributed by atoms with Gasteiger partial charge >= 0.3 is 6.09 Å². The summed E-state index contributed by atoms with van der Waals surface area (Å²) in [4.78, 5) is 15.8. The van der Waals surface area contributed by atoms with E-state index in [1.165, 1.54) is 0 Å². The molecule has 0 aromatic heterocycles. The molecule has 0 unspecified atom stereocenters. The van der Waals surface area contributed by atoms with Crippen LogP contribution >= 0.6 is 0 Å². The van der Waals surface area contributed by atoms with Gasteiger partial charge in [0, 0.05) is 38.3 Å². The molecule has 0 saturated carbocycles. The molecule has 1 aliphatic rings. The van der Waals surface area contributed by atoms with Gasteiger partial charge in [0.2, 0.25) is 5.75 Å². The number of ether oxygens (including phenoxy) is 4.